The second-order valence-corrected chi connectivity index (χ2v) is 9.41. The van der Waals surface area contributed by atoms with Crippen LogP contribution in [0.3, 0.4) is 0 Å². The summed E-state index contributed by atoms with van der Waals surface area (Å²) in [6, 6.07) is 9.97. The van der Waals surface area contributed by atoms with E-state index in [0.717, 1.165) is 31.6 Å². The van der Waals surface area contributed by atoms with Gasteiger partial charge in [0.15, 0.2) is 5.84 Å². The predicted octanol–water partition coefficient (Wildman–Crippen LogP) is 6.67. The standard InChI is InChI=1S/C19H25FN4O2S.C9H10O/c1-5-7-10-22-18(21-4)14-8-9-17(16(20)11-14)24-19(26)23-13(3)27-12-15(25)6-2;1-7-3-2-4-8-5-6-10-9(7)8/h8-11H,5-7,12H2,1-4H3,(H,24,26);2-4H,5-6H2,1H3/b21-18?,22-10?,23-13-;. The molecule has 0 aromatic heterocycles. The topological polar surface area (TPSA) is 92.5 Å². The van der Waals surface area contributed by atoms with E-state index in [1.807, 2.05) is 6.92 Å². The molecule has 0 fully saturated rings. The Morgan fingerprint density at radius 1 is 1.22 bits per heavy atom. The summed E-state index contributed by atoms with van der Waals surface area (Å²) in [6.07, 6.45) is 5.04. The molecule has 37 heavy (non-hydrogen) atoms. The summed E-state index contributed by atoms with van der Waals surface area (Å²) in [5, 5.41) is 2.84. The average Bonchev–Trinajstić information content (AvgIpc) is 3.37. The van der Waals surface area contributed by atoms with E-state index in [4.69, 9.17) is 4.74 Å². The van der Waals surface area contributed by atoms with Gasteiger partial charge >= 0.3 is 6.03 Å². The van der Waals surface area contributed by atoms with Gasteiger partial charge in [-0.25, -0.2) is 14.2 Å². The van der Waals surface area contributed by atoms with E-state index in [0.29, 0.717) is 22.9 Å². The number of hydrogen-bond donors (Lipinski definition) is 1. The van der Waals surface area contributed by atoms with Crippen molar-refractivity contribution in [1.82, 2.24) is 0 Å². The highest BCUT2D eigenvalue weighted by molar-refractivity contribution is 8.14. The number of para-hydroxylation sites is 1. The summed E-state index contributed by atoms with van der Waals surface area (Å²) in [4.78, 5) is 35.3. The Bertz CT molecular complexity index is 1180. The third-order valence-electron chi connectivity index (χ3n) is 5.32. The lowest BCUT2D eigenvalue weighted by molar-refractivity contribution is -0.116. The maximum absolute atomic E-state index is 14.3. The Morgan fingerprint density at radius 2 is 2.00 bits per heavy atom. The Hall–Kier alpha value is -3.33. The van der Waals surface area contributed by atoms with Crippen molar-refractivity contribution >= 4 is 46.4 Å². The molecule has 1 aliphatic rings. The number of amidine groups is 1. The Kier molecular flexibility index (Phi) is 12.7. The lowest BCUT2D eigenvalue weighted by Gasteiger charge is -2.07. The molecule has 0 atom stereocenters. The zero-order valence-electron chi connectivity index (χ0n) is 22.1. The van der Waals surface area contributed by atoms with Gasteiger partial charge in [-0.05, 0) is 49.6 Å². The van der Waals surface area contributed by atoms with Crippen LogP contribution >= 0.6 is 11.8 Å². The molecular formula is C28H35FN4O3S. The van der Waals surface area contributed by atoms with Gasteiger partial charge in [0.25, 0.3) is 0 Å². The molecular weight excluding hydrogens is 491 g/mol. The second kappa shape index (κ2) is 15.7. The molecule has 9 heteroatoms. The molecule has 1 N–H and O–H groups in total. The van der Waals surface area contributed by atoms with Crippen LogP contribution in [0.15, 0.2) is 51.4 Å². The first kappa shape index (κ1) is 29.9. The van der Waals surface area contributed by atoms with Crippen LogP contribution in [-0.4, -0.2) is 48.3 Å². The third-order valence-corrected chi connectivity index (χ3v) is 6.29. The van der Waals surface area contributed by atoms with Crippen LogP contribution in [0.5, 0.6) is 5.75 Å². The number of ketones is 1. The van der Waals surface area contributed by atoms with Gasteiger partial charge in [0, 0.05) is 31.7 Å². The first-order chi connectivity index (χ1) is 17.8. The quantitative estimate of drug-likeness (QED) is 0.322. The molecule has 0 saturated heterocycles. The maximum Gasteiger partial charge on any atom is 0.346 e. The van der Waals surface area contributed by atoms with Crippen molar-refractivity contribution in [2.75, 3.05) is 24.7 Å². The number of amides is 2. The number of hydrogen-bond acceptors (Lipinski definition) is 5. The van der Waals surface area contributed by atoms with Crippen molar-refractivity contribution in [1.29, 1.82) is 0 Å². The first-order valence-corrected chi connectivity index (χ1v) is 13.3. The summed E-state index contributed by atoms with van der Waals surface area (Å²) in [7, 11) is 1.59. The summed E-state index contributed by atoms with van der Waals surface area (Å²) in [5.74, 6) is 1.27. The van der Waals surface area contributed by atoms with Crippen LogP contribution in [0.2, 0.25) is 0 Å². The number of halogens is 1. The molecule has 1 heterocycles. The summed E-state index contributed by atoms with van der Waals surface area (Å²) >= 11 is 1.19. The van der Waals surface area contributed by atoms with Crippen molar-refractivity contribution in [2.24, 2.45) is 15.0 Å². The summed E-state index contributed by atoms with van der Waals surface area (Å²) < 4.78 is 19.7. The van der Waals surface area contributed by atoms with Gasteiger partial charge < -0.3 is 10.1 Å². The Balaban J connectivity index is 0.000000394. The molecule has 0 unspecified atom stereocenters. The van der Waals surface area contributed by atoms with Gasteiger partial charge in [0.05, 0.1) is 23.1 Å². The number of aryl methyl sites for hydroxylation is 1. The largest absolute Gasteiger partial charge is 0.493 e. The molecule has 3 rings (SSSR count). The normalized spacial score (nSPS) is 13.0. The lowest BCUT2D eigenvalue weighted by atomic mass is 10.1. The number of unbranched alkanes of at least 4 members (excludes halogenated alkanes) is 1. The molecule has 0 bridgehead atoms. The first-order valence-electron chi connectivity index (χ1n) is 12.3. The van der Waals surface area contributed by atoms with Crippen molar-refractivity contribution in [3.63, 3.8) is 0 Å². The van der Waals surface area contributed by atoms with Gasteiger partial charge in [-0.3, -0.25) is 9.79 Å². The number of fused-ring (bicyclic) bond motifs is 1. The summed E-state index contributed by atoms with van der Waals surface area (Å²) in [5.41, 5.74) is 3.16. The fourth-order valence-corrected chi connectivity index (χ4v) is 4.00. The van der Waals surface area contributed by atoms with Crippen molar-refractivity contribution < 1.29 is 18.7 Å². The van der Waals surface area contributed by atoms with E-state index in [-0.39, 0.29) is 17.2 Å². The fourth-order valence-electron chi connectivity index (χ4n) is 3.28. The highest BCUT2D eigenvalue weighted by Gasteiger charge is 2.12. The van der Waals surface area contributed by atoms with Gasteiger partial charge in [-0.1, -0.05) is 38.5 Å². The molecule has 0 saturated carbocycles. The molecule has 0 aliphatic carbocycles. The molecule has 1 aliphatic heterocycles. The smallest absolute Gasteiger partial charge is 0.346 e. The van der Waals surface area contributed by atoms with E-state index in [9.17, 15) is 14.0 Å². The van der Waals surface area contributed by atoms with Crippen LogP contribution in [0.4, 0.5) is 14.9 Å². The summed E-state index contributed by atoms with van der Waals surface area (Å²) in [6.45, 7) is 8.39. The highest BCUT2D eigenvalue weighted by atomic mass is 32.2. The van der Waals surface area contributed by atoms with Crippen LogP contribution < -0.4 is 10.1 Å². The number of carbonyl (C=O) groups excluding carboxylic acids is 2. The van der Waals surface area contributed by atoms with E-state index in [1.54, 1.807) is 33.2 Å². The Labute approximate surface area is 222 Å². The average molecular weight is 527 g/mol. The number of Topliss-reactive ketones (excluding diaryl/α,β-unsaturated/α-hetero) is 1. The molecule has 198 valence electrons. The number of benzene rings is 2. The molecule has 7 nitrogen and oxygen atoms in total. The van der Waals surface area contributed by atoms with E-state index in [1.165, 1.54) is 35.0 Å². The van der Waals surface area contributed by atoms with E-state index >= 15 is 0 Å². The number of nitrogens with one attached hydrogen (secondary N) is 1. The van der Waals surface area contributed by atoms with Crippen LogP contribution in [0, 0.1) is 12.7 Å². The number of thioether (sulfide) groups is 1. The van der Waals surface area contributed by atoms with Gasteiger partial charge in [0.2, 0.25) is 0 Å². The molecule has 0 spiro atoms. The monoisotopic (exact) mass is 526 g/mol. The maximum atomic E-state index is 14.3. The van der Waals surface area contributed by atoms with E-state index < -0.39 is 11.8 Å². The van der Waals surface area contributed by atoms with Crippen LogP contribution in [0.1, 0.15) is 56.7 Å². The molecule has 2 aromatic carbocycles. The number of nitrogens with zero attached hydrogens (tertiary/aromatic N) is 3. The number of ether oxygens (including phenoxy) is 1. The van der Waals surface area contributed by atoms with Crippen LogP contribution in [0.25, 0.3) is 0 Å². The van der Waals surface area contributed by atoms with Crippen molar-refractivity contribution in [2.45, 2.75) is 53.4 Å². The van der Waals surface area contributed by atoms with Gasteiger partial charge in [-0.2, -0.15) is 4.99 Å². The van der Waals surface area contributed by atoms with Crippen molar-refractivity contribution in [3.8, 4) is 5.75 Å². The number of carbonyl (C=O) groups is 2. The molecule has 0 radical (unpaired) electrons. The zero-order valence-corrected chi connectivity index (χ0v) is 23.0. The number of aliphatic imine (C=N–C) groups is 3. The minimum Gasteiger partial charge on any atom is -0.493 e. The molecule has 2 amide bonds. The number of rotatable bonds is 7. The zero-order chi connectivity index (χ0) is 27.2. The highest BCUT2D eigenvalue weighted by Crippen LogP contribution is 2.28. The van der Waals surface area contributed by atoms with Crippen LogP contribution in [-0.2, 0) is 11.2 Å². The minimum absolute atomic E-state index is 0.0166. The fraction of sp³-hybridized carbons (Fsp3) is 0.393. The van der Waals surface area contributed by atoms with Gasteiger partial charge in [0.1, 0.15) is 17.3 Å². The third kappa shape index (κ3) is 9.92. The van der Waals surface area contributed by atoms with Gasteiger partial charge in [-0.15, -0.1) is 11.8 Å². The van der Waals surface area contributed by atoms with E-state index in [2.05, 4.69) is 45.4 Å². The lowest BCUT2D eigenvalue weighted by Crippen LogP contribution is -2.11. The number of anilines is 1. The second-order valence-electron chi connectivity index (χ2n) is 8.25. The Morgan fingerprint density at radius 3 is 2.65 bits per heavy atom. The minimum atomic E-state index is -0.694. The predicted molar refractivity (Wildman–Crippen MR) is 153 cm³/mol. The number of urea groups is 1. The SMILES string of the molecule is CCCC=NC(=NC)c1ccc(NC(=O)/N=C(/C)SCC(=O)CC)c(F)c1.Cc1cccc2c1OCC2. The van der Waals surface area contributed by atoms with Crippen molar-refractivity contribution in [3.05, 3.63) is 58.9 Å². The molecule has 2 aromatic rings.